The molecule has 8 nitrogen and oxygen atoms in total. The number of hydrogen-bond donors (Lipinski definition) is 2. The summed E-state index contributed by atoms with van der Waals surface area (Å²) in [5, 5.41) is 9.20. The Morgan fingerprint density at radius 3 is 2.35 bits per heavy atom. The lowest BCUT2D eigenvalue weighted by Gasteiger charge is -2.15. The molecule has 0 fully saturated rings. The average Bonchev–Trinajstić information content (AvgIpc) is 2.81. The van der Waals surface area contributed by atoms with Gasteiger partial charge in [0.15, 0.2) is 0 Å². The van der Waals surface area contributed by atoms with Crippen LogP contribution in [-0.4, -0.2) is 26.6 Å². The normalized spacial score (nSPS) is 11.8. The van der Waals surface area contributed by atoms with E-state index in [4.69, 9.17) is 9.84 Å². The van der Waals surface area contributed by atoms with Gasteiger partial charge in [-0.25, -0.2) is 14.0 Å². The summed E-state index contributed by atoms with van der Waals surface area (Å²) in [6.07, 6.45) is -0.0858. The molecule has 0 saturated carbocycles. The van der Waals surface area contributed by atoms with Crippen LogP contribution in [0.1, 0.15) is 34.5 Å². The molecule has 0 saturated heterocycles. The van der Waals surface area contributed by atoms with E-state index in [0.29, 0.717) is 11.1 Å². The topological polar surface area (TPSA) is 118 Å². The van der Waals surface area contributed by atoms with E-state index in [1.54, 1.807) is 6.92 Å². The fourth-order valence-electron chi connectivity index (χ4n) is 3.61. The molecule has 172 valence electrons. The van der Waals surface area contributed by atoms with Crippen LogP contribution in [0.4, 0.5) is 4.39 Å². The van der Waals surface area contributed by atoms with Gasteiger partial charge >= 0.3 is 17.6 Å². The van der Waals surface area contributed by atoms with Crippen molar-refractivity contribution in [2.75, 3.05) is 0 Å². The number of benzene rings is 3. The van der Waals surface area contributed by atoms with Crippen LogP contribution in [0.3, 0.4) is 0 Å². The fraction of sp³-hybridized carbons (Fsp3) is 0.120. The van der Waals surface area contributed by atoms with E-state index in [-0.39, 0.29) is 28.6 Å². The van der Waals surface area contributed by atoms with Crippen LogP contribution in [-0.2, 0) is 11.2 Å². The Morgan fingerprint density at radius 1 is 1.03 bits per heavy atom. The van der Waals surface area contributed by atoms with Gasteiger partial charge in [-0.15, -0.1) is 0 Å². The minimum absolute atomic E-state index is 0.0858. The van der Waals surface area contributed by atoms with Gasteiger partial charge in [0, 0.05) is 0 Å². The van der Waals surface area contributed by atoms with Crippen molar-refractivity contribution in [2.45, 2.75) is 19.4 Å². The van der Waals surface area contributed by atoms with Gasteiger partial charge < -0.3 is 14.8 Å². The molecule has 9 heteroatoms. The monoisotopic (exact) mass is 462 g/mol. The highest BCUT2D eigenvalue weighted by atomic mass is 19.1. The standard InChI is InChI=1S/C25H19FN2O6/c1-14(16-4-6-17(7-5-16)24(31)32)28-23(30)20-13-19(10-11-21(20)27-25(28)33)34-22(29)12-15-2-8-18(26)9-3-15/h2-11,13-14H,12H2,1H3,(H,27,33)(H,31,32). The number of ether oxygens (including phenoxy) is 1. The van der Waals surface area contributed by atoms with Crippen LogP contribution in [0.5, 0.6) is 5.75 Å². The van der Waals surface area contributed by atoms with Crippen molar-refractivity contribution in [3.63, 3.8) is 0 Å². The van der Waals surface area contributed by atoms with Crippen LogP contribution >= 0.6 is 0 Å². The summed E-state index contributed by atoms with van der Waals surface area (Å²) in [5.74, 6) is -1.97. The van der Waals surface area contributed by atoms with Crippen molar-refractivity contribution >= 4 is 22.8 Å². The lowest BCUT2D eigenvalue weighted by atomic mass is 10.1. The first kappa shape index (κ1) is 22.7. The number of rotatable bonds is 6. The zero-order valence-corrected chi connectivity index (χ0v) is 17.9. The van der Waals surface area contributed by atoms with Crippen LogP contribution < -0.4 is 16.0 Å². The molecular formula is C25H19FN2O6. The number of aromatic amines is 1. The van der Waals surface area contributed by atoms with E-state index < -0.39 is 35.0 Å². The van der Waals surface area contributed by atoms with Gasteiger partial charge in [0.25, 0.3) is 5.56 Å². The second kappa shape index (κ2) is 9.14. The predicted octanol–water partition coefficient (Wildman–Crippen LogP) is 3.28. The third-order valence-corrected chi connectivity index (χ3v) is 5.42. The van der Waals surface area contributed by atoms with E-state index in [0.717, 1.165) is 4.57 Å². The average molecular weight is 462 g/mol. The van der Waals surface area contributed by atoms with Crippen molar-refractivity contribution in [2.24, 2.45) is 0 Å². The van der Waals surface area contributed by atoms with E-state index >= 15 is 0 Å². The van der Waals surface area contributed by atoms with Gasteiger partial charge in [-0.1, -0.05) is 24.3 Å². The number of aromatic carboxylic acids is 1. The maximum atomic E-state index is 13.2. The van der Waals surface area contributed by atoms with Crippen LogP contribution in [0.25, 0.3) is 10.9 Å². The highest BCUT2D eigenvalue weighted by Gasteiger charge is 2.17. The van der Waals surface area contributed by atoms with E-state index in [2.05, 4.69) is 4.98 Å². The summed E-state index contributed by atoms with van der Waals surface area (Å²) < 4.78 is 19.4. The third-order valence-electron chi connectivity index (χ3n) is 5.42. The summed E-state index contributed by atoms with van der Waals surface area (Å²) in [4.78, 5) is 51.8. The molecule has 0 aliphatic carbocycles. The van der Waals surface area contributed by atoms with Crippen LogP contribution in [0.2, 0.25) is 0 Å². The van der Waals surface area contributed by atoms with Gasteiger partial charge in [-0.2, -0.15) is 0 Å². The number of H-pyrrole nitrogens is 1. The number of carbonyl (C=O) groups is 2. The number of fused-ring (bicyclic) bond motifs is 1. The van der Waals surface area contributed by atoms with Crippen molar-refractivity contribution in [3.05, 3.63) is 110 Å². The largest absolute Gasteiger partial charge is 0.478 e. The van der Waals surface area contributed by atoms with Crippen molar-refractivity contribution in [1.82, 2.24) is 9.55 Å². The fourth-order valence-corrected chi connectivity index (χ4v) is 3.61. The number of halogens is 1. The van der Waals surface area contributed by atoms with Gasteiger partial charge in [-0.3, -0.25) is 14.2 Å². The molecule has 3 aromatic carbocycles. The smallest absolute Gasteiger partial charge is 0.335 e. The number of carboxylic acid groups (broad SMARTS) is 1. The number of aromatic nitrogens is 2. The summed E-state index contributed by atoms with van der Waals surface area (Å²) in [6.45, 7) is 1.64. The Bertz CT molecular complexity index is 1500. The number of nitrogens with zero attached hydrogens (tertiary/aromatic N) is 1. The maximum Gasteiger partial charge on any atom is 0.335 e. The Morgan fingerprint density at radius 2 is 1.71 bits per heavy atom. The molecule has 1 unspecified atom stereocenters. The van der Waals surface area contributed by atoms with Crippen LogP contribution in [0, 0.1) is 5.82 Å². The molecule has 4 rings (SSSR count). The second-order valence-electron chi connectivity index (χ2n) is 7.69. The first-order valence-electron chi connectivity index (χ1n) is 10.3. The zero-order chi connectivity index (χ0) is 24.4. The highest BCUT2D eigenvalue weighted by molar-refractivity contribution is 5.87. The highest BCUT2D eigenvalue weighted by Crippen LogP contribution is 2.20. The number of carboxylic acids is 1. The second-order valence-corrected chi connectivity index (χ2v) is 7.69. The van der Waals surface area contributed by atoms with Crippen molar-refractivity contribution in [1.29, 1.82) is 0 Å². The third kappa shape index (κ3) is 4.63. The lowest BCUT2D eigenvalue weighted by Crippen LogP contribution is -2.37. The molecular weight excluding hydrogens is 443 g/mol. The number of esters is 1. The summed E-state index contributed by atoms with van der Waals surface area (Å²) in [5.41, 5.74) is 0.277. The first-order chi connectivity index (χ1) is 16.2. The van der Waals surface area contributed by atoms with Crippen molar-refractivity contribution in [3.8, 4) is 5.75 Å². The molecule has 0 bridgehead atoms. The Kier molecular flexibility index (Phi) is 6.09. The predicted molar refractivity (Wildman–Crippen MR) is 122 cm³/mol. The van der Waals surface area contributed by atoms with Crippen LogP contribution in [0.15, 0.2) is 76.3 Å². The SMILES string of the molecule is CC(c1ccc(C(=O)O)cc1)n1c(=O)[nH]c2ccc(OC(=O)Cc3ccc(F)cc3)cc2c1=O. The molecule has 4 aromatic rings. The molecule has 0 amide bonds. The first-order valence-corrected chi connectivity index (χ1v) is 10.3. The van der Waals surface area contributed by atoms with Gasteiger partial charge in [0.1, 0.15) is 11.6 Å². The lowest BCUT2D eigenvalue weighted by molar-refractivity contribution is -0.133. The minimum Gasteiger partial charge on any atom is -0.478 e. The quantitative estimate of drug-likeness (QED) is 0.335. The zero-order valence-electron chi connectivity index (χ0n) is 17.9. The number of hydrogen-bond acceptors (Lipinski definition) is 5. The summed E-state index contributed by atoms with van der Waals surface area (Å²) in [6, 6.07) is 14.9. The molecule has 34 heavy (non-hydrogen) atoms. The molecule has 0 aliphatic heterocycles. The van der Waals surface area contributed by atoms with Crippen molar-refractivity contribution < 1.29 is 23.8 Å². The molecule has 1 heterocycles. The molecule has 0 spiro atoms. The molecule has 0 radical (unpaired) electrons. The Balaban J connectivity index is 1.64. The number of nitrogens with one attached hydrogen (secondary N) is 1. The van der Waals surface area contributed by atoms with E-state index in [9.17, 15) is 23.6 Å². The Hall–Kier alpha value is -4.53. The summed E-state index contributed by atoms with van der Waals surface area (Å²) in [7, 11) is 0. The van der Waals surface area contributed by atoms with E-state index in [1.165, 1.54) is 66.7 Å². The Labute approximate surface area is 191 Å². The summed E-state index contributed by atoms with van der Waals surface area (Å²) >= 11 is 0. The molecule has 1 aromatic heterocycles. The molecule has 1 atom stereocenters. The van der Waals surface area contributed by atoms with E-state index in [1.807, 2.05) is 0 Å². The number of carbonyl (C=O) groups excluding carboxylic acids is 1. The van der Waals surface area contributed by atoms with Gasteiger partial charge in [0.05, 0.1) is 28.9 Å². The van der Waals surface area contributed by atoms with Gasteiger partial charge in [0.2, 0.25) is 0 Å². The maximum absolute atomic E-state index is 13.2. The minimum atomic E-state index is -1.08. The molecule has 0 aliphatic rings. The van der Waals surface area contributed by atoms with Gasteiger partial charge in [-0.05, 0) is 60.5 Å². The molecule has 2 N–H and O–H groups in total.